The highest BCUT2D eigenvalue weighted by atomic mass is 16.5. The first-order valence-electron chi connectivity index (χ1n) is 7.55. The van der Waals surface area contributed by atoms with Crippen molar-refractivity contribution in [2.45, 2.75) is 6.04 Å². The smallest absolute Gasteiger partial charge is 0.330 e. The maximum Gasteiger partial charge on any atom is 0.330 e. The van der Waals surface area contributed by atoms with Crippen molar-refractivity contribution in [3.63, 3.8) is 0 Å². The van der Waals surface area contributed by atoms with Crippen LogP contribution in [0.5, 0.6) is 17.4 Å². The SMILES string of the molecule is COc1ccc(C(Nc2ccc3c[nH]c(O)c3c2)C(=O)O)cc1OC. The van der Waals surface area contributed by atoms with Gasteiger partial charge < -0.3 is 30.0 Å². The largest absolute Gasteiger partial charge is 0.494 e. The van der Waals surface area contributed by atoms with E-state index in [4.69, 9.17) is 9.47 Å². The van der Waals surface area contributed by atoms with E-state index in [-0.39, 0.29) is 5.88 Å². The van der Waals surface area contributed by atoms with Gasteiger partial charge in [-0.15, -0.1) is 0 Å². The van der Waals surface area contributed by atoms with Gasteiger partial charge in [-0.3, -0.25) is 0 Å². The predicted molar refractivity (Wildman–Crippen MR) is 93.5 cm³/mol. The van der Waals surface area contributed by atoms with E-state index in [1.54, 1.807) is 42.6 Å². The van der Waals surface area contributed by atoms with Crippen molar-refractivity contribution in [2.24, 2.45) is 0 Å². The number of H-pyrrole nitrogens is 1. The summed E-state index contributed by atoms with van der Waals surface area (Å²) >= 11 is 0. The van der Waals surface area contributed by atoms with Gasteiger partial charge in [0.2, 0.25) is 0 Å². The van der Waals surface area contributed by atoms with Gasteiger partial charge >= 0.3 is 5.97 Å². The van der Waals surface area contributed by atoms with Gasteiger partial charge in [0.25, 0.3) is 0 Å². The van der Waals surface area contributed by atoms with Crippen LogP contribution in [0.4, 0.5) is 5.69 Å². The molecule has 0 amide bonds. The lowest BCUT2D eigenvalue weighted by molar-refractivity contribution is -0.138. The summed E-state index contributed by atoms with van der Waals surface area (Å²) in [6.07, 6.45) is 1.68. The van der Waals surface area contributed by atoms with Crippen LogP contribution in [0.1, 0.15) is 11.6 Å². The van der Waals surface area contributed by atoms with Gasteiger partial charge in [-0.1, -0.05) is 12.1 Å². The number of carboxylic acids is 1. The van der Waals surface area contributed by atoms with E-state index in [0.717, 1.165) is 5.39 Å². The number of hydrogen-bond acceptors (Lipinski definition) is 5. The van der Waals surface area contributed by atoms with Crippen LogP contribution in [-0.4, -0.2) is 35.4 Å². The fourth-order valence-electron chi connectivity index (χ4n) is 2.69. The minimum Gasteiger partial charge on any atom is -0.494 e. The molecule has 4 N–H and O–H groups in total. The zero-order chi connectivity index (χ0) is 18.0. The number of aliphatic carboxylic acids is 1. The van der Waals surface area contributed by atoms with Gasteiger partial charge in [0.1, 0.15) is 0 Å². The Morgan fingerprint density at radius 2 is 1.88 bits per heavy atom. The normalized spacial score (nSPS) is 11.9. The number of nitrogens with one attached hydrogen (secondary N) is 2. The summed E-state index contributed by atoms with van der Waals surface area (Å²) in [6, 6.07) is 9.20. The second-order valence-corrected chi connectivity index (χ2v) is 5.47. The number of benzene rings is 2. The standard InChI is InChI=1S/C18H18N2O5/c1-24-14-6-4-10(7-15(14)25-2)16(18(22)23)20-12-5-3-11-9-19-17(21)13(11)8-12/h3-9,16,19-21H,1-2H3,(H,22,23). The van der Waals surface area contributed by atoms with Gasteiger partial charge in [-0.05, 0) is 29.8 Å². The van der Waals surface area contributed by atoms with Crippen molar-refractivity contribution in [1.82, 2.24) is 4.98 Å². The summed E-state index contributed by atoms with van der Waals surface area (Å²) in [5, 5.41) is 23.8. The van der Waals surface area contributed by atoms with Crippen LogP contribution in [0.25, 0.3) is 10.8 Å². The molecule has 0 bridgehead atoms. The molecular formula is C18H18N2O5. The Hall–Kier alpha value is -3.35. The van der Waals surface area contributed by atoms with E-state index >= 15 is 0 Å². The van der Waals surface area contributed by atoms with E-state index in [1.807, 2.05) is 0 Å². The van der Waals surface area contributed by atoms with E-state index < -0.39 is 12.0 Å². The molecule has 25 heavy (non-hydrogen) atoms. The molecule has 0 aliphatic rings. The van der Waals surface area contributed by atoms with Crippen molar-refractivity contribution in [2.75, 3.05) is 19.5 Å². The maximum absolute atomic E-state index is 11.7. The number of aromatic hydroxyl groups is 1. The highest BCUT2D eigenvalue weighted by molar-refractivity contribution is 5.91. The van der Waals surface area contributed by atoms with Crippen LogP contribution in [0.2, 0.25) is 0 Å². The molecule has 7 nitrogen and oxygen atoms in total. The van der Waals surface area contributed by atoms with E-state index in [9.17, 15) is 15.0 Å². The summed E-state index contributed by atoms with van der Waals surface area (Å²) in [5.41, 5.74) is 1.09. The molecule has 1 unspecified atom stereocenters. The fraction of sp³-hybridized carbons (Fsp3) is 0.167. The fourth-order valence-corrected chi connectivity index (χ4v) is 2.69. The van der Waals surface area contributed by atoms with Gasteiger partial charge in [-0.25, -0.2) is 4.79 Å². The van der Waals surface area contributed by atoms with Crippen molar-refractivity contribution in [3.05, 3.63) is 48.2 Å². The second kappa shape index (κ2) is 6.64. The quantitative estimate of drug-likeness (QED) is 0.549. The van der Waals surface area contributed by atoms with E-state index in [1.165, 1.54) is 14.2 Å². The molecule has 1 aromatic heterocycles. The number of carbonyl (C=O) groups is 1. The second-order valence-electron chi connectivity index (χ2n) is 5.47. The van der Waals surface area contributed by atoms with Gasteiger partial charge in [0, 0.05) is 22.7 Å². The molecule has 0 aliphatic heterocycles. The number of methoxy groups -OCH3 is 2. The third kappa shape index (κ3) is 3.16. The molecule has 0 spiro atoms. The van der Waals surface area contributed by atoms with Crippen molar-refractivity contribution >= 4 is 22.4 Å². The summed E-state index contributed by atoms with van der Waals surface area (Å²) in [7, 11) is 3.01. The first kappa shape index (κ1) is 16.5. The molecule has 0 saturated carbocycles. The number of ether oxygens (including phenoxy) is 2. The molecule has 3 aromatic rings. The monoisotopic (exact) mass is 342 g/mol. The van der Waals surface area contributed by atoms with Crippen molar-refractivity contribution < 1.29 is 24.5 Å². The molecule has 3 rings (SSSR count). The Morgan fingerprint density at radius 3 is 2.56 bits per heavy atom. The zero-order valence-corrected chi connectivity index (χ0v) is 13.7. The third-order valence-corrected chi connectivity index (χ3v) is 3.97. The Labute approximate surface area is 143 Å². The molecule has 1 heterocycles. The Morgan fingerprint density at radius 1 is 1.12 bits per heavy atom. The number of aromatic amines is 1. The van der Waals surface area contributed by atoms with E-state index in [0.29, 0.717) is 28.1 Å². The van der Waals surface area contributed by atoms with Crippen LogP contribution >= 0.6 is 0 Å². The molecule has 2 aromatic carbocycles. The first-order valence-corrected chi connectivity index (χ1v) is 7.55. The average Bonchev–Trinajstić information content (AvgIpc) is 2.99. The summed E-state index contributed by atoms with van der Waals surface area (Å²) in [6.45, 7) is 0. The average molecular weight is 342 g/mol. The Kier molecular flexibility index (Phi) is 4.38. The molecule has 7 heteroatoms. The number of anilines is 1. The molecular weight excluding hydrogens is 324 g/mol. The number of aromatic nitrogens is 1. The lowest BCUT2D eigenvalue weighted by Crippen LogP contribution is -2.20. The van der Waals surface area contributed by atoms with Crippen LogP contribution in [0.3, 0.4) is 0 Å². The number of carboxylic acid groups (broad SMARTS) is 1. The Balaban J connectivity index is 1.95. The minimum atomic E-state index is -1.04. The summed E-state index contributed by atoms with van der Waals surface area (Å²) in [5.74, 6) is -0.0249. The highest BCUT2D eigenvalue weighted by Crippen LogP contribution is 2.32. The lowest BCUT2D eigenvalue weighted by atomic mass is 10.1. The number of rotatable bonds is 6. The molecule has 0 saturated heterocycles. The molecule has 0 fully saturated rings. The van der Waals surface area contributed by atoms with Crippen molar-refractivity contribution in [3.8, 4) is 17.4 Å². The van der Waals surface area contributed by atoms with Gasteiger partial charge in [-0.2, -0.15) is 0 Å². The first-order chi connectivity index (χ1) is 12.0. The van der Waals surface area contributed by atoms with Crippen LogP contribution in [-0.2, 0) is 4.79 Å². The van der Waals surface area contributed by atoms with Gasteiger partial charge in [0.15, 0.2) is 23.4 Å². The summed E-state index contributed by atoms with van der Waals surface area (Å²) in [4.78, 5) is 14.5. The minimum absolute atomic E-state index is 0.0386. The predicted octanol–water partition coefficient (Wildman–Crippen LogP) is 3.13. The van der Waals surface area contributed by atoms with Crippen LogP contribution in [0.15, 0.2) is 42.6 Å². The topological polar surface area (TPSA) is 104 Å². The number of fused-ring (bicyclic) bond motifs is 1. The molecule has 130 valence electrons. The molecule has 1 atom stereocenters. The highest BCUT2D eigenvalue weighted by Gasteiger charge is 2.21. The maximum atomic E-state index is 11.7. The van der Waals surface area contributed by atoms with Crippen LogP contribution in [0, 0.1) is 0 Å². The lowest BCUT2D eigenvalue weighted by Gasteiger charge is -2.18. The molecule has 0 radical (unpaired) electrons. The zero-order valence-electron chi connectivity index (χ0n) is 13.7. The number of hydrogen-bond donors (Lipinski definition) is 4. The van der Waals surface area contributed by atoms with Gasteiger partial charge in [0.05, 0.1) is 14.2 Å². The molecule has 0 aliphatic carbocycles. The van der Waals surface area contributed by atoms with E-state index in [2.05, 4.69) is 10.3 Å². The van der Waals surface area contributed by atoms with Crippen molar-refractivity contribution in [1.29, 1.82) is 0 Å². The van der Waals surface area contributed by atoms with Crippen LogP contribution < -0.4 is 14.8 Å². The summed E-state index contributed by atoms with van der Waals surface area (Å²) < 4.78 is 10.4. The third-order valence-electron chi connectivity index (χ3n) is 3.97. The Bertz CT molecular complexity index is 919.